The molecule has 2 radical (unpaired) electrons. The van der Waals surface area contributed by atoms with Crippen molar-refractivity contribution in [1.82, 2.24) is 9.97 Å². The summed E-state index contributed by atoms with van der Waals surface area (Å²) in [5.41, 5.74) is 0.475. The highest BCUT2D eigenvalue weighted by Crippen LogP contribution is 2.36. The number of hydrogen-bond acceptors (Lipinski definition) is 8. The minimum atomic E-state index is -3.40. The van der Waals surface area contributed by atoms with Gasteiger partial charge in [0.2, 0.25) is 0 Å². The number of allylic oxidation sites excluding steroid dienone is 1. The summed E-state index contributed by atoms with van der Waals surface area (Å²) in [6, 6.07) is 5.09. The van der Waals surface area contributed by atoms with Crippen LogP contribution in [0.1, 0.15) is 25.3 Å². The number of nitrogens with zero attached hydrogens (tertiary/aromatic N) is 3. The van der Waals surface area contributed by atoms with E-state index in [1.807, 2.05) is 6.92 Å². The monoisotopic (exact) mass is 455 g/mol. The van der Waals surface area contributed by atoms with Gasteiger partial charge in [-0.3, -0.25) is 4.98 Å². The average Bonchev–Trinajstić information content (AvgIpc) is 3.60. The molecule has 1 aliphatic carbocycles. The molecule has 1 aromatic heterocycles. The number of rotatable bonds is 9. The second kappa shape index (κ2) is 9.30. The lowest BCUT2D eigenvalue weighted by molar-refractivity contribution is 0.0919. The minimum Gasteiger partial charge on any atom is -0.488 e. The Kier molecular flexibility index (Phi) is 6.48. The molecule has 0 bridgehead atoms. The molecule has 1 fully saturated rings. The lowest BCUT2D eigenvalue weighted by atomic mass is 10.2. The highest BCUT2D eigenvalue weighted by atomic mass is 32.2. The van der Waals surface area contributed by atoms with Crippen LogP contribution in [0.15, 0.2) is 60.9 Å². The third-order valence-corrected chi connectivity index (χ3v) is 7.44. The number of ether oxygens (including phenoxy) is 3. The van der Waals surface area contributed by atoms with Crippen molar-refractivity contribution >= 4 is 15.7 Å². The molecule has 2 atom stereocenters. The highest BCUT2D eigenvalue weighted by Gasteiger charge is 2.43. The maximum atomic E-state index is 13.0. The van der Waals surface area contributed by atoms with Crippen molar-refractivity contribution in [2.75, 3.05) is 18.6 Å². The molecule has 168 valence electrons. The van der Waals surface area contributed by atoms with Crippen LogP contribution >= 0.6 is 0 Å². The van der Waals surface area contributed by atoms with E-state index < -0.39 is 15.2 Å². The zero-order valence-corrected chi connectivity index (χ0v) is 18.7. The molecule has 2 heterocycles. The molecule has 1 unspecified atom stereocenters. The maximum absolute atomic E-state index is 13.0. The van der Waals surface area contributed by atoms with E-state index in [2.05, 4.69) is 9.97 Å². The molecule has 9 heteroatoms. The summed E-state index contributed by atoms with van der Waals surface area (Å²) in [6.45, 7) is 8.34. The fraction of sp³-hybridized carbons (Fsp3) is 0.348. The van der Waals surface area contributed by atoms with Crippen molar-refractivity contribution in [1.29, 1.82) is 0 Å². The Labute approximate surface area is 188 Å². The van der Waals surface area contributed by atoms with Gasteiger partial charge < -0.3 is 19.1 Å². The first-order chi connectivity index (χ1) is 15.4. The topological polar surface area (TPSA) is 90.9 Å². The maximum Gasteiger partial charge on any atom is 0.178 e. The summed E-state index contributed by atoms with van der Waals surface area (Å²) >= 11 is 0. The van der Waals surface area contributed by atoms with E-state index in [-0.39, 0.29) is 11.4 Å². The van der Waals surface area contributed by atoms with Gasteiger partial charge >= 0.3 is 0 Å². The lowest BCUT2D eigenvalue weighted by Gasteiger charge is -2.30. The predicted molar refractivity (Wildman–Crippen MR) is 120 cm³/mol. The van der Waals surface area contributed by atoms with Gasteiger partial charge in [0.05, 0.1) is 24.3 Å². The molecule has 32 heavy (non-hydrogen) atoms. The van der Waals surface area contributed by atoms with Gasteiger partial charge in [0, 0.05) is 25.6 Å². The summed E-state index contributed by atoms with van der Waals surface area (Å²) in [5, 5.41) is -1.19. The molecule has 2 aromatic rings. The van der Waals surface area contributed by atoms with Gasteiger partial charge in [0.25, 0.3) is 0 Å². The standard InChI is InChI=1S/C23H25N3O5S/c1-16-10-19(30-17(2)15-29-3)12-20(11-16)31-18-4-7-23(32(27,28)21-5-6-21)26(14-18)22-13-24-8-9-25-22/h1,4,7-14,17,21,23H,5-6,15H2,2-3H3/t17-,23?/m0/s1. The van der Waals surface area contributed by atoms with Crippen molar-refractivity contribution < 1.29 is 22.6 Å². The Hall–Kier alpha value is -2.91. The number of methoxy groups -OCH3 is 1. The molecular weight excluding hydrogens is 430 g/mol. The molecule has 2 aliphatic rings. The van der Waals surface area contributed by atoms with Gasteiger partial charge in [0.1, 0.15) is 23.4 Å². The first-order valence-electron chi connectivity index (χ1n) is 10.3. The largest absolute Gasteiger partial charge is 0.488 e. The van der Waals surface area contributed by atoms with Crippen LogP contribution in [0.3, 0.4) is 0 Å². The number of aromatic nitrogens is 2. The van der Waals surface area contributed by atoms with Crippen LogP contribution in [0.5, 0.6) is 11.5 Å². The summed E-state index contributed by atoms with van der Waals surface area (Å²) in [5.74, 6) is 1.85. The van der Waals surface area contributed by atoms with Crippen molar-refractivity contribution in [3.63, 3.8) is 0 Å². The Morgan fingerprint density at radius 3 is 2.69 bits per heavy atom. The van der Waals surface area contributed by atoms with Crippen LogP contribution in [0.2, 0.25) is 0 Å². The van der Waals surface area contributed by atoms with Crippen LogP contribution in [0.25, 0.3) is 0 Å². The van der Waals surface area contributed by atoms with Gasteiger partial charge in [0.15, 0.2) is 21.0 Å². The van der Waals surface area contributed by atoms with E-state index in [4.69, 9.17) is 21.1 Å². The van der Waals surface area contributed by atoms with E-state index in [1.165, 1.54) is 18.6 Å². The van der Waals surface area contributed by atoms with Gasteiger partial charge in [-0.05, 0) is 56.5 Å². The molecular formula is C23H25N3O5S. The number of anilines is 1. The zero-order valence-electron chi connectivity index (χ0n) is 17.9. The normalized spacial score (nSPS) is 19.4. The minimum absolute atomic E-state index is 0.163. The lowest BCUT2D eigenvalue weighted by Crippen LogP contribution is -2.40. The van der Waals surface area contributed by atoms with E-state index in [9.17, 15) is 8.42 Å². The summed E-state index contributed by atoms with van der Waals surface area (Å²) in [4.78, 5) is 9.92. The SMILES string of the molecule is [CH]c1cc(OC2=CN(c3cnccn3)C(S(=O)(=O)C3CC3)C=C2)cc(O[C@@H](C)COC)c1. The van der Waals surface area contributed by atoms with Gasteiger partial charge in [-0.1, -0.05) is 0 Å². The number of sulfone groups is 1. The quantitative estimate of drug-likeness (QED) is 0.570. The third kappa shape index (κ3) is 5.11. The van der Waals surface area contributed by atoms with E-state index in [0.29, 0.717) is 48.1 Å². The molecule has 0 spiro atoms. The average molecular weight is 456 g/mol. The van der Waals surface area contributed by atoms with E-state index in [0.717, 1.165) is 0 Å². The van der Waals surface area contributed by atoms with E-state index in [1.54, 1.807) is 48.6 Å². The molecule has 0 amide bonds. The molecule has 1 aromatic carbocycles. The summed E-state index contributed by atoms with van der Waals surface area (Å²) in [7, 11) is -1.79. The first kappa shape index (κ1) is 22.3. The van der Waals surface area contributed by atoms with Crippen molar-refractivity contribution in [3.05, 3.63) is 73.4 Å². The van der Waals surface area contributed by atoms with Gasteiger partial charge in [-0.25, -0.2) is 13.4 Å². The van der Waals surface area contributed by atoms with Crippen molar-refractivity contribution in [3.8, 4) is 11.5 Å². The second-order valence-corrected chi connectivity index (χ2v) is 10.1. The van der Waals surface area contributed by atoms with Gasteiger partial charge in [-0.15, -0.1) is 0 Å². The van der Waals surface area contributed by atoms with Crippen molar-refractivity contribution in [2.24, 2.45) is 0 Å². The fourth-order valence-electron chi connectivity index (χ4n) is 3.42. The second-order valence-electron chi connectivity index (χ2n) is 7.76. The third-order valence-electron chi connectivity index (χ3n) is 4.98. The number of benzene rings is 1. The van der Waals surface area contributed by atoms with E-state index >= 15 is 0 Å². The molecule has 0 saturated heterocycles. The van der Waals surface area contributed by atoms with Crippen LogP contribution in [0, 0.1) is 6.92 Å². The summed E-state index contributed by atoms with van der Waals surface area (Å²) in [6.07, 6.45) is 10.7. The fourth-order valence-corrected chi connectivity index (χ4v) is 5.39. The smallest absolute Gasteiger partial charge is 0.178 e. The van der Waals surface area contributed by atoms with Crippen LogP contribution in [-0.4, -0.2) is 48.8 Å². The Balaban J connectivity index is 1.60. The Bertz CT molecular complexity index is 1110. The Morgan fingerprint density at radius 2 is 2.00 bits per heavy atom. The van der Waals surface area contributed by atoms with Crippen LogP contribution in [-0.2, 0) is 14.6 Å². The van der Waals surface area contributed by atoms with Gasteiger partial charge in [-0.2, -0.15) is 0 Å². The highest BCUT2D eigenvalue weighted by molar-refractivity contribution is 7.93. The zero-order chi connectivity index (χ0) is 22.7. The Morgan fingerprint density at radius 1 is 1.22 bits per heavy atom. The molecule has 0 N–H and O–H groups in total. The predicted octanol–water partition coefficient (Wildman–Crippen LogP) is 3.15. The molecule has 8 nitrogen and oxygen atoms in total. The van der Waals surface area contributed by atoms with Crippen LogP contribution < -0.4 is 14.4 Å². The first-order valence-corrected chi connectivity index (χ1v) is 11.9. The molecule has 4 rings (SSSR count). The van der Waals surface area contributed by atoms with Crippen LogP contribution in [0.4, 0.5) is 5.82 Å². The summed E-state index contributed by atoms with van der Waals surface area (Å²) < 4.78 is 42.9. The molecule has 1 saturated carbocycles. The molecule has 1 aliphatic heterocycles. The van der Waals surface area contributed by atoms with Crippen molar-refractivity contribution in [2.45, 2.75) is 36.5 Å². The number of hydrogen-bond donors (Lipinski definition) is 0.